The molecule has 0 aliphatic carbocycles. The molecule has 0 bridgehead atoms. The molecule has 0 saturated carbocycles. The summed E-state index contributed by atoms with van der Waals surface area (Å²) in [7, 11) is 0. The summed E-state index contributed by atoms with van der Waals surface area (Å²) in [5.41, 5.74) is 2.59. The normalized spacial score (nSPS) is 20.7. The fraction of sp³-hybridized carbons (Fsp3) is 0.636. The lowest BCUT2D eigenvalue weighted by Gasteiger charge is -2.07. The van der Waals surface area contributed by atoms with Crippen LogP contribution in [-0.2, 0) is 4.74 Å². The van der Waals surface area contributed by atoms with Crippen LogP contribution in [0, 0.1) is 6.92 Å². The number of aryl methyl sites for hydroxylation is 1. The lowest BCUT2D eigenvalue weighted by Crippen LogP contribution is -2.08. The molecular formula is C11H15NO2S. The summed E-state index contributed by atoms with van der Waals surface area (Å²) in [5, 5.41) is 0. The highest BCUT2D eigenvalue weighted by molar-refractivity contribution is 7.11. The summed E-state index contributed by atoms with van der Waals surface area (Å²) < 4.78 is 5.49. The Morgan fingerprint density at radius 1 is 1.73 bits per heavy atom. The Morgan fingerprint density at radius 2 is 2.60 bits per heavy atom. The minimum Gasteiger partial charge on any atom is -0.378 e. The van der Waals surface area contributed by atoms with E-state index in [4.69, 9.17) is 4.74 Å². The number of aromatic nitrogens is 1. The third-order valence-corrected chi connectivity index (χ3v) is 3.69. The number of hydrogen-bond donors (Lipinski definition) is 0. The van der Waals surface area contributed by atoms with E-state index in [-0.39, 0.29) is 5.78 Å². The predicted octanol–water partition coefficient (Wildman–Crippen LogP) is 2.59. The Hall–Kier alpha value is -0.740. The van der Waals surface area contributed by atoms with E-state index in [1.54, 1.807) is 5.51 Å². The van der Waals surface area contributed by atoms with Crippen molar-refractivity contribution in [2.45, 2.75) is 38.7 Å². The molecule has 0 radical (unpaired) electrons. The molecule has 3 nitrogen and oxygen atoms in total. The number of Topliss-reactive ketones (excluding diaryl/α,β-unsaturated/α-hetero) is 1. The maximum absolute atomic E-state index is 11.8. The monoisotopic (exact) mass is 225 g/mol. The first-order valence-corrected chi connectivity index (χ1v) is 6.20. The second-order valence-electron chi connectivity index (χ2n) is 3.86. The Bertz CT molecular complexity index is 342. The van der Waals surface area contributed by atoms with Gasteiger partial charge in [0.2, 0.25) is 0 Å². The van der Waals surface area contributed by atoms with E-state index in [2.05, 4.69) is 4.98 Å². The second-order valence-corrected chi connectivity index (χ2v) is 4.72. The summed E-state index contributed by atoms with van der Waals surface area (Å²) >= 11 is 1.44. The molecule has 0 N–H and O–H groups in total. The van der Waals surface area contributed by atoms with Crippen LogP contribution in [0.5, 0.6) is 0 Å². The Labute approximate surface area is 93.5 Å². The van der Waals surface area contributed by atoms with Gasteiger partial charge in [-0.2, -0.15) is 0 Å². The molecule has 1 unspecified atom stereocenters. The molecule has 0 aromatic carbocycles. The maximum atomic E-state index is 11.8. The zero-order chi connectivity index (χ0) is 10.7. The van der Waals surface area contributed by atoms with Crippen molar-refractivity contribution < 1.29 is 9.53 Å². The van der Waals surface area contributed by atoms with Gasteiger partial charge in [0.15, 0.2) is 5.78 Å². The van der Waals surface area contributed by atoms with Gasteiger partial charge in [-0.3, -0.25) is 4.79 Å². The molecule has 1 aliphatic heterocycles. The highest BCUT2D eigenvalue weighted by Crippen LogP contribution is 2.20. The molecule has 1 aliphatic rings. The van der Waals surface area contributed by atoms with Gasteiger partial charge in [0, 0.05) is 13.0 Å². The van der Waals surface area contributed by atoms with E-state index < -0.39 is 0 Å². The van der Waals surface area contributed by atoms with Gasteiger partial charge in [0.25, 0.3) is 0 Å². The smallest absolute Gasteiger partial charge is 0.174 e. The summed E-state index contributed by atoms with van der Waals surface area (Å²) in [6.45, 7) is 2.74. The van der Waals surface area contributed by atoms with Crippen LogP contribution in [0.3, 0.4) is 0 Å². The fourth-order valence-electron chi connectivity index (χ4n) is 1.85. The number of carbonyl (C=O) groups excluding carboxylic acids is 1. The van der Waals surface area contributed by atoms with Gasteiger partial charge in [-0.05, 0) is 26.2 Å². The third-order valence-electron chi connectivity index (χ3n) is 2.72. The molecule has 0 amide bonds. The van der Waals surface area contributed by atoms with Gasteiger partial charge >= 0.3 is 0 Å². The van der Waals surface area contributed by atoms with E-state index in [1.807, 2.05) is 6.92 Å². The van der Waals surface area contributed by atoms with E-state index in [0.717, 1.165) is 36.4 Å². The van der Waals surface area contributed by atoms with Crippen molar-refractivity contribution >= 4 is 17.1 Å². The minimum absolute atomic E-state index is 0.213. The molecule has 1 fully saturated rings. The van der Waals surface area contributed by atoms with E-state index in [0.29, 0.717) is 12.5 Å². The average Bonchev–Trinajstić information content (AvgIpc) is 2.84. The molecule has 15 heavy (non-hydrogen) atoms. The number of carbonyl (C=O) groups is 1. The van der Waals surface area contributed by atoms with Gasteiger partial charge in [-0.15, -0.1) is 11.3 Å². The molecule has 2 rings (SSSR count). The zero-order valence-corrected chi connectivity index (χ0v) is 9.68. The molecule has 0 spiro atoms. The van der Waals surface area contributed by atoms with Crippen molar-refractivity contribution in [3.8, 4) is 0 Å². The number of nitrogens with zero attached hydrogens (tertiary/aromatic N) is 1. The van der Waals surface area contributed by atoms with Crippen LogP contribution in [0.1, 0.15) is 41.0 Å². The average molecular weight is 225 g/mol. The van der Waals surface area contributed by atoms with Gasteiger partial charge < -0.3 is 4.74 Å². The van der Waals surface area contributed by atoms with Gasteiger partial charge in [0.1, 0.15) is 0 Å². The van der Waals surface area contributed by atoms with Gasteiger partial charge in [0.05, 0.1) is 22.2 Å². The number of ketones is 1. The number of ether oxygens (including phenoxy) is 1. The van der Waals surface area contributed by atoms with E-state index in [9.17, 15) is 4.79 Å². The SMILES string of the molecule is Cc1ncsc1C(=O)CCC1CCCO1. The molecule has 1 saturated heterocycles. The van der Waals surface area contributed by atoms with Crippen LogP contribution >= 0.6 is 11.3 Å². The van der Waals surface area contributed by atoms with Crippen LogP contribution in [0.2, 0.25) is 0 Å². The lowest BCUT2D eigenvalue weighted by atomic mass is 10.1. The number of hydrogen-bond acceptors (Lipinski definition) is 4. The molecular weight excluding hydrogens is 210 g/mol. The zero-order valence-electron chi connectivity index (χ0n) is 8.86. The number of rotatable bonds is 4. The minimum atomic E-state index is 0.213. The van der Waals surface area contributed by atoms with Crippen LogP contribution < -0.4 is 0 Å². The van der Waals surface area contributed by atoms with Crippen molar-refractivity contribution in [2.75, 3.05) is 6.61 Å². The largest absolute Gasteiger partial charge is 0.378 e. The van der Waals surface area contributed by atoms with Crippen molar-refractivity contribution in [1.29, 1.82) is 0 Å². The van der Waals surface area contributed by atoms with Crippen molar-refractivity contribution in [3.05, 3.63) is 16.1 Å². The molecule has 1 aromatic rings. The second kappa shape index (κ2) is 4.86. The van der Waals surface area contributed by atoms with Crippen molar-refractivity contribution in [3.63, 3.8) is 0 Å². The van der Waals surface area contributed by atoms with E-state index >= 15 is 0 Å². The van der Waals surface area contributed by atoms with Crippen LogP contribution in [0.25, 0.3) is 0 Å². The van der Waals surface area contributed by atoms with Crippen LogP contribution in [0.4, 0.5) is 0 Å². The van der Waals surface area contributed by atoms with Crippen LogP contribution in [-0.4, -0.2) is 23.5 Å². The first kappa shape index (κ1) is 10.8. The molecule has 82 valence electrons. The highest BCUT2D eigenvalue weighted by atomic mass is 32.1. The van der Waals surface area contributed by atoms with Crippen molar-refractivity contribution in [2.24, 2.45) is 0 Å². The predicted molar refractivity (Wildman–Crippen MR) is 59.4 cm³/mol. The number of thiazole rings is 1. The highest BCUT2D eigenvalue weighted by Gasteiger charge is 2.18. The molecule has 2 heterocycles. The molecule has 4 heteroatoms. The lowest BCUT2D eigenvalue weighted by molar-refractivity contribution is 0.0861. The molecule has 1 atom stereocenters. The molecule has 1 aromatic heterocycles. The van der Waals surface area contributed by atoms with Gasteiger partial charge in [-0.1, -0.05) is 0 Å². The fourth-order valence-corrected chi connectivity index (χ4v) is 2.62. The first-order valence-electron chi connectivity index (χ1n) is 5.32. The Kier molecular flexibility index (Phi) is 3.49. The van der Waals surface area contributed by atoms with Gasteiger partial charge in [-0.25, -0.2) is 4.98 Å². The quantitative estimate of drug-likeness (QED) is 0.739. The van der Waals surface area contributed by atoms with Crippen LogP contribution in [0.15, 0.2) is 5.51 Å². The topological polar surface area (TPSA) is 39.2 Å². The Morgan fingerprint density at radius 3 is 3.20 bits per heavy atom. The summed E-state index contributed by atoms with van der Waals surface area (Å²) in [6.07, 6.45) is 4.00. The first-order chi connectivity index (χ1) is 7.27. The summed E-state index contributed by atoms with van der Waals surface area (Å²) in [5.74, 6) is 0.213. The van der Waals surface area contributed by atoms with Crippen molar-refractivity contribution in [1.82, 2.24) is 4.98 Å². The third kappa shape index (κ3) is 2.63. The Balaban J connectivity index is 1.84. The summed E-state index contributed by atoms with van der Waals surface area (Å²) in [4.78, 5) is 16.7. The standard InChI is InChI=1S/C11H15NO2S/c1-8-11(15-7-12-8)10(13)5-4-9-3-2-6-14-9/h7,9H,2-6H2,1H3. The maximum Gasteiger partial charge on any atom is 0.174 e. The summed E-state index contributed by atoms with van der Waals surface area (Å²) in [6, 6.07) is 0. The van der Waals surface area contributed by atoms with E-state index in [1.165, 1.54) is 11.3 Å².